The van der Waals surface area contributed by atoms with Crippen LogP contribution in [0.5, 0.6) is 5.75 Å². The van der Waals surface area contributed by atoms with Gasteiger partial charge in [0, 0.05) is 30.3 Å². The molecule has 0 aliphatic heterocycles. The molecule has 0 spiro atoms. The van der Waals surface area contributed by atoms with E-state index in [0.717, 1.165) is 25.8 Å². The first kappa shape index (κ1) is 13.9. The van der Waals surface area contributed by atoms with Gasteiger partial charge in [0.15, 0.2) is 0 Å². The predicted molar refractivity (Wildman–Crippen MR) is 73.2 cm³/mol. The Morgan fingerprint density at radius 2 is 2.00 bits per heavy atom. The Kier molecular flexibility index (Phi) is 4.38. The molecule has 0 amide bonds. The average molecular weight is 290 g/mol. The fraction of sp³-hybridized carbons (Fsp3) is 0.538. The van der Waals surface area contributed by atoms with Gasteiger partial charge in [0.05, 0.1) is 5.02 Å². The molecule has 18 heavy (non-hydrogen) atoms. The summed E-state index contributed by atoms with van der Waals surface area (Å²) in [5, 5.41) is 22.9. The van der Waals surface area contributed by atoms with Gasteiger partial charge in [-0.3, -0.25) is 0 Å². The van der Waals surface area contributed by atoms with Crippen molar-refractivity contribution in [2.45, 2.75) is 25.8 Å². The molecule has 1 aliphatic rings. The number of nitrogens with one attached hydrogen (secondary N) is 1. The molecule has 5 heteroatoms. The largest absolute Gasteiger partial charge is 0.506 e. The summed E-state index contributed by atoms with van der Waals surface area (Å²) >= 11 is 11.8. The first-order chi connectivity index (χ1) is 8.56. The third-order valence-electron chi connectivity index (χ3n) is 3.52. The van der Waals surface area contributed by atoms with Crippen molar-refractivity contribution in [2.24, 2.45) is 5.41 Å². The Labute approximate surface area is 117 Å². The molecule has 3 nitrogen and oxygen atoms in total. The number of hydrogen-bond donors (Lipinski definition) is 3. The smallest absolute Gasteiger partial charge is 0.138 e. The van der Waals surface area contributed by atoms with E-state index in [1.807, 2.05) is 0 Å². The molecular formula is C13H17Cl2NO2. The molecular weight excluding hydrogens is 273 g/mol. The lowest BCUT2D eigenvalue weighted by Crippen LogP contribution is -2.24. The van der Waals surface area contributed by atoms with Crippen LogP contribution in [0.1, 0.15) is 24.8 Å². The molecule has 1 aromatic carbocycles. The monoisotopic (exact) mass is 289 g/mol. The Balaban J connectivity index is 1.91. The van der Waals surface area contributed by atoms with Crippen molar-refractivity contribution < 1.29 is 10.2 Å². The van der Waals surface area contributed by atoms with Crippen LogP contribution in [-0.2, 0) is 6.54 Å². The van der Waals surface area contributed by atoms with Crippen LogP contribution < -0.4 is 5.32 Å². The second-order valence-corrected chi connectivity index (χ2v) is 5.82. The van der Waals surface area contributed by atoms with Crippen LogP contribution in [-0.4, -0.2) is 23.4 Å². The van der Waals surface area contributed by atoms with Gasteiger partial charge >= 0.3 is 0 Å². The summed E-state index contributed by atoms with van der Waals surface area (Å²) in [4.78, 5) is 0. The fourth-order valence-electron chi connectivity index (χ4n) is 2.15. The molecule has 0 atom stereocenters. The molecule has 0 heterocycles. The molecule has 1 fully saturated rings. The van der Waals surface area contributed by atoms with Gasteiger partial charge in [-0.1, -0.05) is 23.2 Å². The predicted octanol–water partition coefficient (Wildman–Crippen LogP) is 2.95. The lowest BCUT2D eigenvalue weighted by molar-refractivity contribution is 0.245. The van der Waals surface area contributed by atoms with E-state index in [9.17, 15) is 5.11 Å². The Hall–Kier alpha value is -0.480. The van der Waals surface area contributed by atoms with E-state index in [2.05, 4.69) is 5.32 Å². The van der Waals surface area contributed by atoms with E-state index >= 15 is 0 Å². The van der Waals surface area contributed by atoms with Crippen molar-refractivity contribution in [1.82, 2.24) is 5.32 Å². The maximum Gasteiger partial charge on any atom is 0.138 e. The number of halogens is 2. The Bertz CT molecular complexity index is 433. The maximum atomic E-state index is 9.80. The van der Waals surface area contributed by atoms with Crippen LogP contribution in [0.2, 0.25) is 10.0 Å². The molecule has 100 valence electrons. The summed E-state index contributed by atoms with van der Waals surface area (Å²) < 4.78 is 0. The summed E-state index contributed by atoms with van der Waals surface area (Å²) in [5.74, 6) is 0.0839. The molecule has 1 aliphatic carbocycles. The van der Waals surface area contributed by atoms with Gasteiger partial charge in [0.2, 0.25) is 0 Å². The molecule has 0 radical (unpaired) electrons. The second-order valence-electron chi connectivity index (χ2n) is 4.97. The molecule has 1 aromatic rings. The summed E-state index contributed by atoms with van der Waals surface area (Å²) in [6.07, 6.45) is 3.15. The summed E-state index contributed by atoms with van der Waals surface area (Å²) in [6, 6.07) is 3.23. The van der Waals surface area contributed by atoms with E-state index in [1.54, 1.807) is 6.07 Å². The van der Waals surface area contributed by atoms with E-state index in [-0.39, 0.29) is 22.8 Å². The van der Waals surface area contributed by atoms with E-state index < -0.39 is 0 Å². The lowest BCUT2D eigenvalue weighted by atomic mass is 10.0. The minimum Gasteiger partial charge on any atom is -0.506 e. The maximum absolute atomic E-state index is 9.80. The van der Waals surface area contributed by atoms with Gasteiger partial charge in [-0.05, 0) is 36.8 Å². The molecule has 0 saturated heterocycles. The standard InChI is InChI=1S/C13H17Cl2NO2/c14-10-5-9(12(18)11(15)6-10)7-16-8-13(1-2-13)3-4-17/h5-6,16-18H,1-4,7-8H2. The molecule has 1 saturated carbocycles. The Morgan fingerprint density at radius 3 is 2.61 bits per heavy atom. The minimum atomic E-state index is 0.0839. The number of phenolic OH excluding ortho intramolecular Hbond substituents is 1. The molecule has 3 N–H and O–H groups in total. The van der Waals surface area contributed by atoms with Crippen LogP contribution in [0.3, 0.4) is 0 Å². The average Bonchev–Trinajstić information content (AvgIpc) is 3.06. The molecule has 0 bridgehead atoms. The summed E-state index contributed by atoms with van der Waals surface area (Å²) in [6.45, 7) is 1.60. The quantitative estimate of drug-likeness (QED) is 0.755. The molecule has 0 aromatic heterocycles. The number of phenols is 1. The first-order valence-corrected chi connectivity index (χ1v) is 6.80. The zero-order valence-electron chi connectivity index (χ0n) is 10.0. The van der Waals surface area contributed by atoms with E-state index in [4.69, 9.17) is 28.3 Å². The number of aromatic hydroxyl groups is 1. The number of aliphatic hydroxyl groups is 1. The Morgan fingerprint density at radius 1 is 1.28 bits per heavy atom. The zero-order chi connectivity index (χ0) is 13.2. The van der Waals surface area contributed by atoms with Crippen molar-refractivity contribution in [3.8, 4) is 5.75 Å². The highest BCUT2D eigenvalue weighted by molar-refractivity contribution is 6.35. The second kappa shape index (κ2) is 5.66. The normalized spacial score (nSPS) is 16.8. The van der Waals surface area contributed by atoms with Gasteiger partial charge in [0.25, 0.3) is 0 Å². The highest BCUT2D eigenvalue weighted by atomic mass is 35.5. The van der Waals surface area contributed by atoms with Crippen molar-refractivity contribution in [3.63, 3.8) is 0 Å². The van der Waals surface area contributed by atoms with Crippen molar-refractivity contribution in [3.05, 3.63) is 27.7 Å². The number of hydrogen-bond acceptors (Lipinski definition) is 3. The highest BCUT2D eigenvalue weighted by Gasteiger charge is 2.41. The van der Waals surface area contributed by atoms with Crippen LogP contribution in [0, 0.1) is 5.41 Å². The van der Waals surface area contributed by atoms with E-state index in [0.29, 0.717) is 17.1 Å². The first-order valence-electron chi connectivity index (χ1n) is 6.05. The fourth-order valence-corrected chi connectivity index (χ4v) is 2.68. The van der Waals surface area contributed by atoms with Crippen LogP contribution >= 0.6 is 23.2 Å². The van der Waals surface area contributed by atoms with Gasteiger partial charge in [-0.2, -0.15) is 0 Å². The number of benzene rings is 1. The summed E-state index contributed by atoms with van der Waals surface area (Å²) in [7, 11) is 0. The topological polar surface area (TPSA) is 52.5 Å². The van der Waals surface area contributed by atoms with Crippen molar-refractivity contribution >= 4 is 23.2 Å². The van der Waals surface area contributed by atoms with E-state index in [1.165, 1.54) is 6.07 Å². The van der Waals surface area contributed by atoms with Crippen molar-refractivity contribution in [2.75, 3.05) is 13.2 Å². The lowest BCUT2D eigenvalue weighted by Gasteiger charge is -2.15. The zero-order valence-corrected chi connectivity index (χ0v) is 11.6. The van der Waals surface area contributed by atoms with Crippen LogP contribution in [0.15, 0.2) is 12.1 Å². The SMILES string of the molecule is OCCC1(CNCc2cc(Cl)cc(Cl)c2O)CC1. The molecule has 0 unspecified atom stereocenters. The highest BCUT2D eigenvalue weighted by Crippen LogP contribution is 2.48. The van der Waals surface area contributed by atoms with Gasteiger partial charge in [0.1, 0.15) is 5.75 Å². The summed E-state index contributed by atoms with van der Waals surface area (Å²) in [5.41, 5.74) is 0.958. The van der Waals surface area contributed by atoms with Crippen molar-refractivity contribution in [1.29, 1.82) is 0 Å². The minimum absolute atomic E-state index is 0.0839. The number of rotatable bonds is 6. The molecule has 2 rings (SSSR count). The van der Waals surface area contributed by atoms with Gasteiger partial charge < -0.3 is 15.5 Å². The van der Waals surface area contributed by atoms with Crippen LogP contribution in [0.4, 0.5) is 0 Å². The number of aliphatic hydroxyl groups excluding tert-OH is 1. The third kappa shape index (κ3) is 3.29. The third-order valence-corrected chi connectivity index (χ3v) is 4.03. The van der Waals surface area contributed by atoms with Gasteiger partial charge in [-0.25, -0.2) is 0 Å². The van der Waals surface area contributed by atoms with Crippen LogP contribution in [0.25, 0.3) is 0 Å². The van der Waals surface area contributed by atoms with Gasteiger partial charge in [-0.15, -0.1) is 0 Å².